The third-order valence-electron chi connectivity index (χ3n) is 7.87. The highest BCUT2D eigenvalue weighted by Gasteiger charge is 2.31. The first kappa shape index (κ1) is 31.9. The monoisotopic (exact) mass is 629 g/mol. The molecule has 0 aliphatic carbocycles. The number of halogens is 5. The van der Waals surface area contributed by atoms with Gasteiger partial charge in [0, 0.05) is 50.0 Å². The van der Waals surface area contributed by atoms with Crippen molar-refractivity contribution >= 4 is 5.69 Å². The van der Waals surface area contributed by atoms with Crippen molar-refractivity contribution in [2.24, 2.45) is 5.73 Å². The molecule has 1 saturated heterocycles. The van der Waals surface area contributed by atoms with E-state index in [1.54, 1.807) is 37.3 Å². The second kappa shape index (κ2) is 13.2. The SMILES string of the molecule is Cc1c(N2CCN(Cc3cccc(OC(F)(F)F)c3)CC2)c(=O)n(CC(N)c2ccccc2)c(=O)n1Cc1c(F)cccc1F. The molecule has 45 heavy (non-hydrogen) atoms. The van der Waals surface area contributed by atoms with E-state index in [0.717, 1.165) is 16.7 Å². The van der Waals surface area contributed by atoms with Gasteiger partial charge in [-0.1, -0.05) is 48.5 Å². The summed E-state index contributed by atoms with van der Waals surface area (Å²) in [6, 6.07) is 17.4. The number of hydrogen-bond donors (Lipinski definition) is 1. The molecule has 0 radical (unpaired) electrons. The zero-order valence-electron chi connectivity index (χ0n) is 24.4. The molecule has 3 aromatic carbocycles. The molecule has 1 aromatic heterocycles. The van der Waals surface area contributed by atoms with Gasteiger partial charge in [-0.15, -0.1) is 13.2 Å². The number of rotatable bonds is 9. The van der Waals surface area contributed by atoms with Crippen LogP contribution in [-0.4, -0.2) is 46.6 Å². The normalized spacial score (nSPS) is 14.9. The van der Waals surface area contributed by atoms with Crippen LogP contribution < -0.4 is 26.6 Å². The lowest BCUT2D eigenvalue weighted by Gasteiger charge is -2.37. The Kier molecular flexibility index (Phi) is 9.40. The maximum absolute atomic E-state index is 14.7. The molecule has 0 saturated carbocycles. The Morgan fingerprint density at radius 3 is 2.13 bits per heavy atom. The van der Waals surface area contributed by atoms with Crippen molar-refractivity contribution in [3.05, 3.63) is 128 Å². The number of piperazine rings is 1. The molecule has 2 heterocycles. The minimum atomic E-state index is -4.80. The molecule has 4 aromatic rings. The van der Waals surface area contributed by atoms with E-state index in [4.69, 9.17) is 5.73 Å². The van der Waals surface area contributed by atoms with Crippen molar-refractivity contribution < 1.29 is 26.7 Å². The summed E-state index contributed by atoms with van der Waals surface area (Å²) in [7, 11) is 0. The van der Waals surface area contributed by atoms with Gasteiger partial charge < -0.3 is 15.4 Å². The van der Waals surface area contributed by atoms with Gasteiger partial charge in [0.05, 0.1) is 13.1 Å². The van der Waals surface area contributed by atoms with E-state index < -0.39 is 41.8 Å². The third kappa shape index (κ3) is 7.43. The summed E-state index contributed by atoms with van der Waals surface area (Å²) in [5.74, 6) is -1.95. The molecule has 0 bridgehead atoms. The molecule has 238 valence electrons. The lowest BCUT2D eigenvalue weighted by molar-refractivity contribution is -0.274. The topological polar surface area (TPSA) is 85.7 Å². The molecule has 1 atom stereocenters. The highest BCUT2D eigenvalue weighted by atomic mass is 19.4. The van der Waals surface area contributed by atoms with Crippen LogP contribution in [0.4, 0.5) is 27.6 Å². The zero-order chi connectivity index (χ0) is 32.3. The molecular formula is C32H32F5N5O3. The van der Waals surface area contributed by atoms with Crippen LogP contribution in [-0.2, 0) is 19.6 Å². The minimum Gasteiger partial charge on any atom is -0.406 e. The molecule has 0 amide bonds. The lowest BCUT2D eigenvalue weighted by Crippen LogP contribution is -2.51. The fourth-order valence-corrected chi connectivity index (χ4v) is 5.57. The number of benzene rings is 3. The summed E-state index contributed by atoms with van der Waals surface area (Å²) in [5, 5.41) is 0. The fourth-order valence-electron chi connectivity index (χ4n) is 5.57. The predicted molar refractivity (Wildman–Crippen MR) is 159 cm³/mol. The Morgan fingerprint density at radius 2 is 1.49 bits per heavy atom. The van der Waals surface area contributed by atoms with Gasteiger partial charge in [-0.05, 0) is 42.3 Å². The van der Waals surface area contributed by atoms with Crippen molar-refractivity contribution in [2.75, 3.05) is 31.1 Å². The summed E-state index contributed by atoms with van der Waals surface area (Å²) in [6.07, 6.45) is -4.80. The summed E-state index contributed by atoms with van der Waals surface area (Å²) < 4.78 is 73.6. The molecule has 5 rings (SSSR count). The first-order valence-corrected chi connectivity index (χ1v) is 14.3. The predicted octanol–water partition coefficient (Wildman–Crippen LogP) is 4.57. The number of ether oxygens (including phenoxy) is 1. The van der Waals surface area contributed by atoms with Crippen LogP contribution >= 0.6 is 0 Å². The van der Waals surface area contributed by atoms with Gasteiger partial charge in [-0.3, -0.25) is 18.8 Å². The Bertz CT molecular complexity index is 1750. The van der Waals surface area contributed by atoms with Gasteiger partial charge in [0.25, 0.3) is 5.56 Å². The summed E-state index contributed by atoms with van der Waals surface area (Å²) in [5.41, 5.74) is 6.57. The number of hydrogen-bond acceptors (Lipinski definition) is 6. The number of nitrogens with zero attached hydrogens (tertiary/aromatic N) is 4. The molecular weight excluding hydrogens is 597 g/mol. The van der Waals surface area contributed by atoms with E-state index in [9.17, 15) is 31.5 Å². The Labute approximate surface area is 255 Å². The summed E-state index contributed by atoms with van der Waals surface area (Å²) in [4.78, 5) is 31.5. The maximum atomic E-state index is 14.7. The van der Waals surface area contributed by atoms with Crippen LogP contribution in [0.2, 0.25) is 0 Å². The van der Waals surface area contributed by atoms with E-state index in [2.05, 4.69) is 4.74 Å². The summed E-state index contributed by atoms with van der Waals surface area (Å²) >= 11 is 0. The van der Waals surface area contributed by atoms with Crippen LogP contribution in [0.25, 0.3) is 0 Å². The van der Waals surface area contributed by atoms with Gasteiger partial charge in [0.2, 0.25) is 0 Å². The molecule has 1 aliphatic rings. The van der Waals surface area contributed by atoms with Crippen molar-refractivity contribution in [2.45, 2.75) is 39.0 Å². The third-order valence-corrected chi connectivity index (χ3v) is 7.87. The second-order valence-corrected chi connectivity index (χ2v) is 10.9. The van der Waals surface area contributed by atoms with Gasteiger partial charge in [0.1, 0.15) is 23.1 Å². The molecule has 1 fully saturated rings. The quantitative estimate of drug-likeness (QED) is 0.273. The van der Waals surface area contributed by atoms with Crippen LogP contribution in [0.1, 0.15) is 28.4 Å². The molecule has 13 heteroatoms. The first-order valence-electron chi connectivity index (χ1n) is 14.3. The average Bonchev–Trinajstić information content (AvgIpc) is 2.99. The van der Waals surface area contributed by atoms with E-state index >= 15 is 0 Å². The average molecular weight is 630 g/mol. The Morgan fingerprint density at radius 1 is 0.844 bits per heavy atom. The van der Waals surface area contributed by atoms with Gasteiger partial charge in [-0.25, -0.2) is 13.6 Å². The molecule has 8 nitrogen and oxygen atoms in total. The number of anilines is 1. The number of aromatic nitrogens is 2. The highest BCUT2D eigenvalue weighted by molar-refractivity contribution is 5.50. The van der Waals surface area contributed by atoms with Crippen molar-refractivity contribution in [3.63, 3.8) is 0 Å². The maximum Gasteiger partial charge on any atom is 0.573 e. The summed E-state index contributed by atoms with van der Waals surface area (Å²) in [6.45, 7) is 2.93. The van der Waals surface area contributed by atoms with Gasteiger partial charge in [-0.2, -0.15) is 0 Å². The molecule has 1 aliphatic heterocycles. The fraction of sp³-hybridized carbons (Fsp3) is 0.312. The van der Waals surface area contributed by atoms with Crippen LogP contribution in [0.15, 0.2) is 82.4 Å². The van der Waals surface area contributed by atoms with Gasteiger partial charge >= 0.3 is 12.1 Å². The van der Waals surface area contributed by atoms with Crippen molar-refractivity contribution in [1.29, 1.82) is 0 Å². The number of nitrogens with two attached hydrogens (primary N) is 1. The molecule has 0 spiro atoms. The minimum absolute atomic E-state index is 0.162. The molecule has 1 unspecified atom stereocenters. The smallest absolute Gasteiger partial charge is 0.406 e. The largest absolute Gasteiger partial charge is 0.573 e. The van der Waals surface area contributed by atoms with Gasteiger partial charge in [0.15, 0.2) is 0 Å². The zero-order valence-corrected chi connectivity index (χ0v) is 24.4. The van der Waals surface area contributed by atoms with Crippen molar-refractivity contribution in [1.82, 2.24) is 14.0 Å². The molecule has 2 N–H and O–H groups in total. The van der Waals surface area contributed by atoms with Crippen LogP contribution in [0.5, 0.6) is 5.75 Å². The van der Waals surface area contributed by atoms with E-state index in [1.165, 1.54) is 28.8 Å². The van der Waals surface area contributed by atoms with Crippen LogP contribution in [0.3, 0.4) is 0 Å². The number of alkyl halides is 3. The Balaban J connectivity index is 1.44. The van der Waals surface area contributed by atoms with E-state index in [0.29, 0.717) is 43.9 Å². The van der Waals surface area contributed by atoms with Crippen molar-refractivity contribution in [3.8, 4) is 5.75 Å². The first-order chi connectivity index (χ1) is 21.4. The standard InChI is InChI=1S/C32H32F5N5O3/c1-21-29(40-15-13-39(14-16-40)18-22-7-5-10-24(17-22)45-32(35,36)37)30(43)42(20-28(38)23-8-3-2-4-9-23)31(44)41(21)19-25-26(33)11-6-12-27(25)34/h2-12,17,28H,13-16,18-20,38H2,1H3. The Hall–Kier alpha value is -4.49. The van der Waals surface area contributed by atoms with E-state index in [-0.39, 0.29) is 29.2 Å². The second-order valence-electron chi connectivity index (χ2n) is 10.9. The highest BCUT2D eigenvalue weighted by Crippen LogP contribution is 2.25. The van der Waals surface area contributed by atoms with E-state index in [1.807, 2.05) is 15.9 Å². The van der Waals surface area contributed by atoms with Crippen LogP contribution in [0, 0.1) is 18.6 Å². The lowest BCUT2D eigenvalue weighted by atomic mass is 10.1.